The summed E-state index contributed by atoms with van der Waals surface area (Å²) in [6, 6.07) is 0. The van der Waals surface area contributed by atoms with Gasteiger partial charge in [0.25, 0.3) is 0 Å². The monoisotopic (exact) mass is 250 g/mol. The van der Waals surface area contributed by atoms with Crippen LogP contribution in [0.25, 0.3) is 0 Å². The molecular formula is C12H23ClO3. The number of rotatable bonds is 10. The zero-order chi connectivity index (χ0) is 12.2. The Bertz CT molecular complexity index is 174. The number of carbonyl (C=O) groups excluding carboxylic acids is 1. The lowest BCUT2D eigenvalue weighted by Gasteiger charge is -2.07. The van der Waals surface area contributed by atoms with Crippen LogP contribution in [0.5, 0.6) is 0 Å². The minimum Gasteiger partial charge on any atom is -0.463 e. The summed E-state index contributed by atoms with van der Waals surface area (Å²) in [5.41, 5.74) is 0. The summed E-state index contributed by atoms with van der Waals surface area (Å²) in [6.45, 7) is 2.19. The average molecular weight is 251 g/mol. The highest BCUT2D eigenvalue weighted by Gasteiger charge is 2.07. The molecule has 3 nitrogen and oxygen atoms in total. The van der Waals surface area contributed by atoms with E-state index in [-0.39, 0.29) is 18.5 Å². The van der Waals surface area contributed by atoms with Crippen LogP contribution >= 0.6 is 11.6 Å². The van der Waals surface area contributed by atoms with Gasteiger partial charge in [0.2, 0.25) is 0 Å². The topological polar surface area (TPSA) is 46.5 Å². The maximum absolute atomic E-state index is 11.2. The minimum absolute atomic E-state index is 0.0121. The Morgan fingerprint density at radius 2 is 1.88 bits per heavy atom. The van der Waals surface area contributed by atoms with Gasteiger partial charge in [0, 0.05) is 6.42 Å². The van der Waals surface area contributed by atoms with Crippen LogP contribution in [0.2, 0.25) is 0 Å². The molecule has 0 fully saturated rings. The highest BCUT2D eigenvalue weighted by Crippen LogP contribution is 2.07. The molecule has 4 heteroatoms. The summed E-state index contributed by atoms with van der Waals surface area (Å²) >= 11 is 5.37. The molecule has 0 bridgehead atoms. The van der Waals surface area contributed by atoms with E-state index in [1.54, 1.807) is 0 Å². The van der Waals surface area contributed by atoms with E-state index >= 15 is 0 Å². The normalized spacial score (nSPS) is 12.4. The smallest absolute Gasteiger partial charge is 0.305 e. The molecule has 0 heterocycles. The van der Waals surface area contributed by atoms with Crippen molar-refractivity contribution in [2.45, 2.75) is 58.0 Å². The van der Waals surface area contributed by atoms with Crippen molar-refractivity contribution in [2.24, 2.45) is 0 Å². The molecule has 0 radical (unpaired) electrons. The SMILES string of the molecule is CCCCCCCCC(=O)OCC(O)CCl. The standard InChI is InChI=1S/C12H23ClO3/c1-2-3-4-5-6-7-8-12(15)16-10-11(14)9-13/h11,14H,2-10H2,1H3. The first-order valence-electron chi connectivity index (χ1n) is 6.10. The first kappa shape index (κ1) is 15.7. The molecule has 0 aromatic heterocycles. The molecule has 0 aliphatic heterocycles. The number of aliphatic hydroxyl groups is 1. The van der Waals surface area contributed by atoms with Gasteiger partial charge in [-0.25, -0.2) is 0 Å². The fraction of sp³-hybridized carbons (Fsp3) is 0.917. The number of aliphatic hydroxyl groups excluding tert-OH is 1. The lowest BCUT2D eigenvalue weighted by atomic mass is 10.1. The Labute approximate surface area is 103 Å². The number of carbonyl (C=O) groups is 1. The van der Waals surface area contributed by atoms with Crippen molar-refractivity contribution >= 4 is 17.6 Å². The molecule has 0 aliphatic carbocycles. The van der Waals surface area contributed by atoms with E-state index in [2.05, 4.69) is 6.92 Å². The van der Waals surface area contributed by atoms with Gasteiger partial charge in [0.05, 0.1) is 5.88 Å². The second-order valence-corrected chi connectivity index (χ2v) is 4.32. The Morgan fingerprint density at radius 1 is 1.25 bits per heavy atom. The molecule has 0 spiro atoms. The van der Waals surface area contributed by atoms with E-state index in [0.717, 1.165) is 12.8 Å². The summed E-state index contributed by atoms with van der Waals surface area (Å²) in [7, 11) is 0. The van der Waals surface area contributed by atoms with Gasteiger partial charge in [-0.2, -0.15) is 0 Å². The van der Waals surface area contributed by atoms with Crippen LogP contribution in [0, 0.1) is 0 Å². The van der Waals surface area contributed by atoms with Gasteiger partial charge in [-0.1, -0.05) is 39.0 Å². The molecular weight excluding hydrogens is 228 g/mol. The highest BCUT2D eigenvalue weighted by molar-refractivity contribution is 6.18. The van der Waals surface area contributed by atoms with Crippen molar-refractivity contribution in [2.75, 3.05) is 12.5 Å². The fourth-order valence-electron chi connectivity index (χ4n) is 1.36. The van der Waals surface area contributed by atoms with Crippen LogP contribution in [0.1, 0.15) is 51.9 Å². The molecule has 0 rings (SSSR count). The molecule has 0 saturated carbocycles. The average Bonchev–Trinajstić information content (AvgIpc) is 2.30. The van der Waals surface area contributed by atoms with Crippen molar-refractivity contribution in [1.82, 2.24) is 0 Å². The minimum atomic E-state index is -0.741. The van der Waals surface area contributed by atoms with E-state index in [9.17, 15) is 4.79 Å². The third kappa shape index (κ3) is 10.2. The Kier molecular flexibility index (Phi) is 11.0. The van der Waals surface area contributed by atoms with Crippen molar-refractivity contribution in [3.05, 3.63) is 0 Å². The molecule has 1 unspecified atom stereocenters. The molecule has 0 aromatic rings. The van der Waals surface area contributed by atoms with Crippen LogP contribution in [0.15, 0.2) is 0 Å². The van der Waals surface area contributed by atoms with E-state index in [0.29, 0.717) is 6.42 Å². The molecule has 0 saturated heterocycles. The maximum Gasteiger partial charge on any atom is 0.305 e. The third-order valence-electron chi connectivity index (χ3n) is 2.35. The molecule has 0 aromatic carbocycles. The molecule has 96 valence electrons. The molecule has 0 amide bonds. The second-order valence-electron chi connectivity index (χ2n) is 4.01. The summed E-state index contributed by atoms with van der Waals surface area (Å²) in [6.07, 6.45) is 6.59. The molecule has 16 heavy (non-hydrogen) atoms. The number of esters is 1. The van der Waals surface area contributed by atoms with E-state index in [4.69, 9.17) is 21.4 Å². The summed E-state index contributed by atoms with van der Waals surface area (Å²) in [5.74, 6) is -0.135. The zero-order valence-electron chi connectivity index (χ0n) is 10.1. The van der Waals surface area contributed by atoms with Gasteiger partial charge in [-0.05, 0) is 6.42 Å². The number of halogens is 1. The summed E-state index contributed by atoms with van der Waals surface area (Å²) < 4.78 is 4.85. The van der Waals surface area contributed by atoms with Gasteiger partial charge < -0.3 is 9.84 Å². The Morgan fingerprint density at radius 3 is 2.50 bits per heavy atom. The Balaban J connectivity index is 3.24. The first-order valence-corrected chi connectivity index (χ1v) is 6.63. The van der Waals surface area contributed by atoms with Crippen LogP contribution in [-0.2, 0) is 9.53 Å². The van der Waals surface area contributed by atoms with Crippen LogP contribution in [0.4, 0.5) is 0 Å². The van der Waals surface area contributed by atoms with Crippen LogP contribution < -0.4 is 0 Å². The number of ether oxygens (including phenoxy) is 1. The van der Waals surface area contributed by atoms with Gasteiger partial charge >= 0.3 is 5.97 Å². The lowest BCUT2D eigenvalue weighted by Crippen LogP contribution is -2.19. The van der Waals surface area contributed by atoms with Crippen LogP contribution in [0.3, 0.4) is 0 Å². The van der Waals surface area contributed by atoms with E-state index < -0.39 is 6.10 Å². The molecule has 1 N–H and O–H groups in total. The number of hydrogen-bond donors (Lipinski definition) is 1. The van der Waals surface area contributed by atoms with Crippen molar-refractivity contribution < 1.29 is 14.6 Å². The van der Waals surface area contributed by atoms with Gasteiger partial charge in [0.15, 0.2) is 0 Å². The van der Waals surface area contributed by atoms with Crippen molar-refractivity contribution in [3.8, 4) is 0 Å². The fourth-order valence-corrected chi connectivity index (χ4v) is 1.44. The third-order valence-corrected chi connectivity index (χ3v) is 2.71. The maximum atomic E-state index is 11.2. The van der Waals surface area contributed by atoms with E-state index in [1.807, 2.05) is 0 Å². The largest absolute Gasteiger partial charge is 0.463 e. The van der Waals surface area contributed by atoms with Crippen molar-refractivity contribution in [3.63, 3.8) is 0 Å². The Hall–Kier alpha value is -0.280. The predicted octanol–water partition coefficient (Wildman–Crippen LogP) is 2.88. The summed E-state index contributed by atoms with van der Waals surface area (Å²) in [5, 5.41) is 9.07. The van der Waals surface area contributed by atoms with Gasteiger partial charge in [0.1, 0.15) is 12.7 Å². The summed E-state index contributed by atoms with van der Waals surface area (Å²) in [4.78, 5) is 11.2. The number of hydrogen-bond acceptors (Lipinski definition) is 3. The zero-order valence-corrected chi connectivity index (χ0v) is 10.8. The quantitative estimate of drug-likeness (QED) is 0.368. The first-order chi connectivity index (χ1) is 7.70. The lowest BCUT2D eigenvalue weighted by molar-refractivity contribution is -0.146. The van der Waals surface area contributed by atoms with Gasteiger partial charge in [-0.3, -0.25) is 4.79 Å². The van der Waals surface area contributed by atoms with E-state index in [1.165, 1.54) is 25.7 Å². The number of unbranched alkanes of at least 4 members (excludes halogenated alkanes) is 5. The second kappa shape index (κ2) is 11.2. The van der Waals surface area contributed by atoms with Gasteiger partial charge in [-0.15, -0.1) is 11.6 Å². The van der Waals surface area contributed by atoms with Crippen LogP contribution in [-0.4, -0.2) is 29.7 Å². The number of alkyl halides is 1. The van der Waals surface area contributed by atoms with Crippen molar-refractivity contribution in [1.29, 1.82) is 0 Å². The predicted molar refractivity (Wildman–Crippen MR) is 65.7 cm³/mol. The molecule has 0 aliphatic rings. The highest BCUT2D eigenvalue weighted by atomic mass is 35.5. The molecule has 1 atom stereocenters.